The summed E-state index contributed by atoms with van der Waals surface area (Å²) in [6.07, 6.45) is 5.42. The van der Waals surface area contributed by atoms with Gasteiger partial charge >= 0.3 is 0 Å². The largest absolute Gasteiger partial charge is 0.494 e. The van der Waals surface area contributed by atoms with Crippen molar-refractivity contribution in [3.8, 4) is 5.75 Å². The lowest BCUT2D eigenvalue weighted by Crippen LogP contribution is -2.48. The molecule has 1 amide bonds. The van der Waals surface area contributed by atoms with Gasteiger partial charge in [0.15, 0.2) is 0 Å². The number of hydrogen-bond donors (Lipinski definition) is 1. The van der Waals surface area contributed by atoms with E-state index in [9.17, 15) is 18.0 Å². The number of piperidine rings is 1. The number of fused-ring (bicyclic) bond motifs is 4. The molecule has 9 heteroatoms. The van der Waals surface area contributed by atoms with Crippen LogP contribution in [-0.2, 0) is 16.6 Å². The molecule has 0 radical (unpaired) electrons. The molecule has 1 fully saturated rings. The first-order valence-corrected chi connectivity index (χ1v) is 15.1. The van der Waals surface area contributed by atoms with Crippen molar-refractivity contribution in [1.82, 2.24) is 8.87 Å². The highest BCUT2D eigenvalue weighted by Crippen LogP contribution is 2.37. The lowest BCUT2D eigenvalue weighted by Gasteiger charge is -2.42. The Balaban J connectivity index is 1.20. The number of anilines is 1. The highest BCUT2D eigenvalue weighted by molar-refractivity contribution is 7.89. The van der Waals surface area contributed by atoms with Crippen LogP contribution < -0.4 is 15.6 Å². The molecule has 1 saturated heterocycles. The molecule has 2 aliphatic rings. The van der Waals surface area contributed by atoms with Gasteiger partial charge in [0.2, 0.25) is 10.0 Å². The normalized spacial score (nSPS) is 18.8. The molecular formula is C30H35N3O5S. The number of unbranched alkanes of at least 4 members (excludes halogenated alkanes) is 3. The van der Waals surface area contributed by atoms with Crippen LogP contribution in [0.15, 0.2) is 76.4 Å². The Labute approximate surface area is 229 Å². The number of benzene rings is 2. The Morgan fingerprint density at radius 3 is 2.46 bits per heavy atom. The van der Waals surface area contributed by atoms with Crippen molar-refractivity contribution in [3.05, 3.63) is 88.3 Å². The third-order valence-corrected chi connectivity index (χ3v) is 9.43. The van der Waals surface area contributed by atoms with Gasteiger partial charge in [0.05, 0.1) is 11.5 Å². The molecule has 0 unspecified atom stereocenters. The molecule has 2 bridgehead atoms. The van der Waals surface area contributed by atoms with Crippen molar-refractivity contribution < 1.29 is 17.9 Å². The van der Waals surface area contributed by atoms with E-state index in [0.29, 0.717) is 37.5 Å². The number of carbonyl (C=O) groups is 1. The van der Waals surface area contributed by atoms with Gasteiger partial charge in [0.1, 0.15) is 5.75 Å². The Hall–Kier alpha value is -3.43. The molecule has 5 rings (SSSR count). The summed E-state index contributed by atoms with van der Waals surface area (Å²) in [5.74, 6) is 0.549. The molecule has 2 atom stereocenters. The third-order valence-electron chi connectivity index (χ3n) is 7.58. The summed E-state index contributed by atoms with van der Waals surface area (Å²) in [5, 5.41) is 2.83. The smallest absolute Gasteiger partial charge is 0.255 e. The average Bonchev–Trinajstić information content (AvgIpc) is 2.94. The standard InChI is InChI=1S/C30H35N3O5S/c1-2-3-4-5-17-38-26-13-9-23(10-14-26)30(35)31-25-11-15-27(16-12-25)39(36,37)32-19-22-18-24(21-32)28-7-6-8-29(34)33(28)20-22/h6-16,22,24H,2-5,17-21H2,1H3,(H,31,35)/t22-,24+/m1/s1. The Morgan fingerprint density at radius 1 is 0.949 bits per heavy atom. The molecule has 1 N–H and O–H groups in total. The van der Waals surface area contributed by atoms with Crippen molar-refractivity contribution in [2.75, 3.05) is 25.0 Å². The van der Waals surface area contributed by atoms with E-state index >= 15 is 0 Å². The highest BCUT2D eigenvalue weighted by Gasteiger charge is 2.39. The molecule has 206 valence electrons. The topological polar surface area (TPSA) is 97.7 Å². The molecule has 2 aliphatic heterocycles. The molecule has 8 nitrogen and oxygen atoms in total. The van der Waals surface area contributed by atoms with Crippen LogP contribution in [0.25, 0.3) is 0 Å². The summed E-state index contributed by atoms with van der Waals surface area (Å²) < 4.78 is 36.0. The SMILES string of the molecule is CCCCCCOc1ccc(C(=O)Nc2ccc(S(=O)(=O)N3C[C@H]4C[C@@H](C3)c3cccc(=O)n3C4)cc2)cc1. The fourth-order valence-electron chi connectivity index (χ4n) is 5.53. The number of aromatic nitrogens is 1. The molecule has 39 heavy (non-hydrogen) atoms. The zero-order chi connectivity index (χ0) is 27.4. The number of nitrogens with zero attached hydrogens (tertiary/aromatic N) is 2. The van der Waals surface area contributed by atoms with E-state index in [1.165, 1.54) is 29.3 Å². The highest BCUT2D eigenvalue weighted by atomic mass is 32.2. The van der Waals surface area contributed by atoms with Crippen LogP contribution in [0.4, 0.5) is 5.69 Å². The first kappa shape index (κ1) is 27.1. The number of carbonyl (C=O) groups excluding carboxylic acids is 1. The molecular weight excluding hydrogens is 514 g/mol. The second kappa shape index (κ2) is 11.8. The molecule has 3 heterocycles. The van der Waals surface area contributed by atoms with E-state index in [1.54, 1.807) is 53.1 Å². The van der Waals surface area contributed by atoms with Crippen LogP contribution in [-0.4, -0.2) is 42.9 Å². The number of sulfonamides is 1. The molecule has 1 aromatic heterocycles. The van der Waals surface area contributed by atoms with Gasteiger partial charge in [0, 0.05) is 48.6 Å². The van der Waals surface area contributed by atoms with Crippen LogP contribution in [0.3, 0.4) is 0 Å². The summed E-state index contributed by atoms with van der Waals surface area (Å²) in [6.45, 7) is 4.10. The number of rotatable bonds is 10. The maximum absolute atomic E-state index is 13.5. The number of hydrogen-bond acceptors (Lipinski definition) is 5. The minimum atomic E-state index is -3.71. The lowest BCUT2D eigenvalue weighted by molar-refractivity contribution is 0.102. The number of ether oxygens (including phenoxy) is 1. The van der Waals surface area contributed by atoms with Gasteiger partial charge in [-0.25, -0.2) is 8.42 Å². The van der Waals surface area contributed by atoms with E-state index in [2.05, 4.69) is 12.2 Å². The zero-order valence-corrected chi connectivity index (χ0v) is 23.0. The average molecular weight is 550 g/mol. The van der Waals surface area contributed by atoms with Crippen molar-refractivity contribution >= 4 is 21.6 Å². The Morgan fingerprint density at radius 2 is 1.72 bits per heavy atom. The Bertz CT molecular complexity index is 1470. The minimum Gasteiger partial charge on any atom is -0.494 e. The van der Waals surface area contributed by atoms with Crippen molar-refractivity contribution in [1.29, 1.82) is 0 Å². The van der Waals surface area contributed by atoms with Gasteiger partial charge in [0.25, 0.3) is 11.5 Å². The maximum Gasteiger partial charge on any atom is 0.255 e. The van der Waals surface area contributed by atoms with E-state index < -0.39 is 10.0 Å². The quantitative estimate of drug-likeness (QED) is 0.364. The van der Waals surface area contributed by atoms with E-state index in [4.69, 9.17) is 4.74 Å². The summed E-state index contributed by atoms with van der Waals surface area (Å²) >= 11 is 0. The fraction of sp³-hybridized carbons (Fsp3) is 0.400. The van der Waals surface area contributed by atoms with Gasteiger partial charge in [-0.1, -0.05) is 32.3 Å². The van der Waals surface area contributed by atoms with Gasteiger partial charge < -0.3 is 14.6 Å². The molecule has 3 aromatic rings. The van der Waals surface area contributed by atoms with Gasteiger partial charge in [-0.2, -0.15) is 4.31 Å². The van der Waals surface area contributed by atoms with E-state index in [1.807, 2.05) is 6.07 Å². The molecule has 2 aromatic carbocycles. The van der Waals surface area contributed by atoms with Crippen LogP contribution in [0.1, 0.15) is 61.0 Å². The van der Waals surface area contributed by atoms with Gasteiger partial charge in [-0.15, -0.1) is 0 Å². The second-order valence-electron chi connectivity index (χ2n) is 10.4. The van der Waals surface area contributed by atoms with Crippen LogP contribution in [0.2, 0.25) is 0 Å². The molecule has 0 saturated carbocycles. The van der Waals surface area contributed by atoms with E-state index in [-0.39, 0.29) is 28.2 Å². The second-order valence-corrected chi connectivity index (χ2v) is 12.4. The zero-order valence-electron chi connectivity index (χ0n) is 22.2. The van der Waals surface area contributed by atoms with Crippen LogP contribution >= 0.6 is 0 Å². The van der Waals surface area contributed by atoms with Crippen molar-refractivity contribution in [2.45, 2.75) is 56.4 Å². The maximum atomic E-state index is 13.5. The van der Waals surface area contributed by atoms with Crippen molar-refractivity contribution in [3.63, 3.8) is 0 Å². The first-order valence-electron chi connectivity index (χ1n) is 13.7. The van der Waals surface area contributed by atoms with Gasteiger partial charge in [-0.3, -0.25) is 9.59 Å². The first-order chi connectivity index (χ1) is 18.8. The van der Waals surface area contributed by atoms with E-state index in [0.717, 1.165) is 30.7 Å². The molecule has 0 aliphatic carbocycles. The van der Waals surface area contributed by atoms with Gasteiger partial charge in [-0.05, 0) is 73.4 Å². The van der Waals surface area contributed by atoms with Crippen LogP contribution in [0.5, 0.6) is 5.75 Å². The predicted octanol–water partition coefficient (Wildman–Crippen LogP) is 4.87. The monoisotopic (exact) mass is 549 g/mol. The predicted molar refractivity (Wildman–Crippen MR) is 151 cm³/mol. The van der Waals surface area contributed by atoms with Crippen LogP contribution in [0, 0.1) is 5.92 Å². The van der Waals surface area contributed by atoms with Crippen molar-refractivity contribution in [2.24, 2.45) is 5.92 Å². The third kappa shape index (κ3) is 6.09. The lowest BCUT2D eigenvalue weighted by atomic mass is 9.84. The fourth-order valence-corrected chi connectivity index (χ4v) is 7.09. The summed E-state index contributed by atoms with van der Waals surface area (Å²) in [7, 11) is -3.71. The number of pyridine rings is 1. The number of nitrogens with one attached hydrogen (secondary N) is 1. The molecule has 0 spiro atoms. The summed E-state index contributed by atoms with van der Waals surface area (Å²) in [6, 6.07) is 18.5. The Kier molecular flexibility index (Phi) is 8.18. The summed E-state index contributed by atoms with van der Waals surface area (Å²) in [5.41, 5.74) is 1.88. The number of amides is 1. The summed E-state index contributed by atoms with van der Waals surface area (Å²) in [4.78, 5) is 25.2. The minimum absolute atomic E-state index is 0.00224.